The van der Waals surface area contributed by atoms with Gasteiger partial charge in [0, 0.05) is 25.2 Å². The number of hydrogen-bond donors (Lipinski definition) is 1. The zero-order valence-corrected chi connectivity index (χ0v) is 15.5. The van der Waals surface area contributed by atoms with E-state index in [0.29, 0.717) is 5.92 Å². The molecule has 2 aromatic rings. The van der Waals surface area contributed by atoms with Crippen molar-refractivity contribution in [3.63, 3.8) is 0 Å². The van der Waals surface area contributed by atoms with E-state index >= 15 is 0 Å². The minimum Gasteiger partial charge on any atom is -0.497 e. The summed E-state index contributed by atoms with van der Waals surface area (Å²) >= 11 is 0. The van der Waals surface area contributed by atoms with E-state index in [9.17, 15) is 4.79 Å². The van der Waals surface area contributed by atoms with E-state index < -0.39 is 0 Å². The Kier molecular flexibility index (Phi) is 6.22. The van der Waals surface area contributed by atoms with Gasteiger partial charge in [-0.25, -0.2) is 0 Å². The summed E-state index contributed by atoms with van der Waals surface area (Å²) in [6.45, 7) is 6.76. The molecule has 0 bridgehead atoms. The first-order chi connectivity index (χ1) is 12.7. The highest BCUT2D eigenvalue weighted by molar-refractivity contribution is 5.95. The maximum absolute atomic E-state index is 12.4. The Balaban J connectivity index is 1.40. The number of nitrogens with one attached hydrogen (secondary N) is 1. The molecule has 140 valence electrons. The van der Waals surface area contributed by atoms with Crippen molar-refractivity contribution >= 4 is 5.91 Å². The molecule has 0 radical (unpaired) electrons. The minimum atomic E-state index is 0.000176. The Morgan fingerprint density at radius 1 is 1.23 bits per heavy atom. The highest BCUT2D eigenvalue weighted by atomic mass is 16.5. The number of piperidine rings is 1. The van der Waals surface area contributed by atoms with Gasteiger partial charge in [0.1, 0.15) is 18.4 Å². The Labute approximate surface area is 154 Å². The fourth-order valence-electron chi connectivity index (χ4n) is 3.36. The maximum Gasteiger partial charge on any atom is 0.251 e. The van der Waals surface area contributed by atoms with Gasteiger partial charge < -0.3 is 19.5 Å². The summed E-state index contributed by atoms with van der Waals surface area (Å²) in [4.78, 5) is 14.9. The highest BCUT2D eigenvalue weighted by Gasteiger charge is 2.20. The molecule has 1 fully saturated rings. The SMILES string of the molecule is COc1ccc(C(=O)NCC2CCN(CCn3cnnc3)CC2)c(C)c1. The van der Waals surface area contributed by atoms with Crippen molar-refractivity contribution in [3.8, 4) is 5.75 Å². The van der Waals surface area contributed by atoms with Crippen molar-refractivity contribution in [1.82, 2.24) is 25.0 Å². The molecule has 0 saturated carbocycles. The van der Waals surface area contributed by atoms with Gasteiger partial charge in [-0.1, -0.05) is 0 Å². The van der Waals surface area contributed by atoms with E-state index in [1.807, 2.05) is 29.7 Å². The molecule has 1 aliphatic rings. The van der Waals surface area contributed by atoms with Gasteiger partial charge in [0.15, 0.2) is 0 Å². The molecule has 3 rings (SSSR count). The predicted molar refractivity (Wildman–Crippen MR) is 99.3 cm³/mol. The number of methoxy groups -OCH3 is 1. The molecule has 1 amide bonds. The smallest absolute Gasteiger partial charge is 0.251 e. The molecular formula is C19H27N5O2. The van der Waals surface area contributed by atoms with Crippen LogP contribution in [0.2, 0.25) is 0 Å². The molecule has 0 aliphatic carbocycles. The van der Waals surface area contributed by atoms with Crippen LogP contribution in [-0.2, 0) is 6.54 Å². The molecule has 1 aromatic carbocycles. The molecule has 26 heavy (non-hydrogen) atoms. The third kappa shape index (κ3) is 4.82. The summed E-state index contributed by atoms with van der Waals surface area (Å²) in [5.74, 6) is 1.32. The van der Waals surface area contributed by atoms with E-state index in [0.717, 1.165) is 62.4 Å². The van der Waals surface area contributed by atoms with Crippen LogP contribution in [0.4, 0.5) is 0 Å². The largest absolute Gasteiger partial charge is 0.497 e. The average molecular weight is 357 g/mol. The normalized spacial score (nSPS) is 15.8. The van der Waals surface area contributed by atoms with Gasteiger partial charge in [-0.15, -0.1) is 10.2 Å². The number of ether oxygens (including phenoxy) is 1. The van der Waals surface area contributed by atoms with Gasteiger partial charge >= 0.3 is 0 Å². The standard InChI is InChI=1S/C19H27N5O2/c1-15-11-17(26-2)3-4-18(15)19(25)20-12-16-5-7-23(8-6-16)9-10-24-13-21-22-14-24/h3-4,11,13-14,16H,5-10,12H2,1-2H3,(H,20,25). The van der Waals surface area contributed by atoms with Gasteiger partial charge in [-0.3, -0.25) is 4.79 Å². The second-order valence-electron chi connectivity index (χ2n) is 6.88. The summed E-state index contributed by atoms with van der Waals surface area (Å²) in [5, 5.41) is 10.8. The topological polar surface area (TPSA) is 72.3 Å². The van der Waals surface area contributed by atoms with Crippen molar-refractivity contribution in [2.75, 3.05) is 33.3 Å². The number of rotatable bonds is 7. The first-order valence-corrected chi connectivity index (χ1v) is 9.13. The lowest BCUT2D eigenvalue weighted by Crippen LogP contribution is -2.39. The van der Waals surface area contributed by atoms with Crippen LogP contribution in [-0.4, -0.2) is 58.9 Å². The zero-order chi connectivity index (χ0) is 18.4. The monoisotopic (exact) mass is 357 g/mol. The molecule has 1 aliphatic heterocycles. The van der Waals surface area contributed by atoms with Gasteiger partial charge in [0.25, 0.3) is 5.91 Å². The average Bonchev–Trinajstić information content (AvgIpc) is 3.18. The van der Waals surface area contributed by atoms with Crippen molar-refractivity contribution in [2.24, 2.45) is 5.92 Å². The second-order valence-corrected chi connectivity index (χ2v) is 6.88. The summed E-state index contributed by atoms with van der Waals surface area (Å²) in [7, 11) is 1.63. The lowest BCUT2D eigenvalue weighted by Gasteiger charge is -2.32. The molecule has 1 saturated heterocycles. The zero-order valence-electron chi connectivity index (χ0n) is 15.5. The Morgan fingerprint density at radius 3 is 2.62 bits per heavy atom. The Hall–Kier alpha value is -2.41. The third-order valence-corrected chi connectivity index (χ3v) is 5.08. The molecule has 0 spiro atoms. The number of aryl methyl sites for hydroxylation is 1. The first kappa shape index (κ1) is 18.4. The summed E-state index contributed by atoms with van der Waals surface area (Å²) in [6, 6.07) is 5.55. The molecule has 2 heterocycles. The molecule has 0 unspecified atom stereocenters. The third-order valence-electron chi connectivity index (χ3n) is 5.08. The Morgan fingerprint density at radius 2 is 1.96 bits per heavy atom. The van der Waals surface area contributed by atoms with E-state index in [-0.39, 0.29) is 5.91 Å². The van der Waals surface area contributed by atoms with Crippen molar-refractivity contribution in [2.45, 2.75) is 26.3 Å². The fourth-order valence-corrected chi connectivity index (χ4v) is 3.36. The van der Waals surface area contributed by atoms with Gasteiger partial charge in [-0.05, 0) is 62.5 Å². The van der Waals surface area contributed by atoms with Gasteiger partial charge in [0.2, 0.25) is 0 Å². The predicted octanol–water partition coefficient (Wildman–Crippen LogP) is 1.74. The number of benzene rings is 1. The number of nitrogens with zero attached hydrogens (tertiary/aromatic N) is 4. The molecule has 7 nitrogen and oxygen atoms in total. The van der Waals surface area contributed by atoms with Crippen molar-refractivity contribution < 1.29 is 9.53 Å². The van der Waals surface area contributed by atoms with Crippen LogP contribution < -0.4 is 10.1 Å². The van der Waals surface area contributed by atoms with Gasteiger partial charge in [0.05, 0.1) is 7.11 Å². The maximum atomic E-state index is 12.4. The second kappa shape index (κ2) is 8.80. The molecule has 0 atom stereocenters. The molecule has 7 heteroatoms. The van der Waals surface area contributed by atoms with Crippen LogP contribution >= 0.6 is 0 Å². The number of hydrogen-bond acceptors (Lipinski definition) is 5. The van der Waals surface area contributed by atoms with Crippen molar-refractivity contribution in [3.05, 3.63) is 42.0 Å². The molecular weight excluding hydrogens is 330 g/mol. The van der Waals surface area contributed by atoms with E-state index in [1.165, 1.54) is 0 Å². The Bertz CT molecular complexity index is 709. The highest BCUT2D eigenvalue weighted by Crippen LogP contribution is 2.18. The van der Waals surface area contributed by atoms with Crippen LogP contribution in [0, 0.1) is 12.8 Å². The van der Waals surface area contributed by atoms with E-state index in [1.54, 1.807) is 19.8 Å². The first-order valence-electron chi connectivity index (χ1n) is 9.13. The number of carbonyl (C=O) groups is 1. The fraction of sp³-hybridized carbons (Fsp3) is 0.526. The number of aromatic nitrogens is 3. The summed E-state index contributed by atoms with van der Waals surface area (Å²) in [6.07, 6.45) is 5.74. The van der Waals surface area contributed by atoms with E-state index in [2.05, 4.69) is 20.4 Å². The quantitative estimate of drug-likeness (QED) is 0.817. The van der Waals surface area contributed by atoms with Gasteiger partial charge in [-0.2, -0.15) is 0 Å². The van der Waals surface area contributed by atoms with Crippen LogP contribution in [0.3, 0.4) is 0 Å². The van der Waals surface area contributed by atoms with Crippen LogP contribution in [0.1, 0.15) is 28.8 Å². The lowest BCUT2D eigenvalue weighted by molar-refractivity contribution is 0.0935. The number of likely N-dealkylation sites (tertiary alicyclic amines) is 1. The van der Waals surface area contributed by atoms with Crippen molar-refractivity contribution in [1.29, 1.82) is 0 Å². The molecule has 1 N–H and O–H groups in total. The van der Waals surface area contributed by atoms with Crippen LogP contribution in [0.15, 0.2) is 30.9 Å². The summed E-state index contributed by atoms with van der Waals surface area (Å²) < 4.78 is 7.20. The lowest BCUT2D eigenvalue weighted by atomic mass is 9.96. The van der Waals surface area contributed by atoms with Crippen LogP contribution in [0.5, 0.6) is 5.75 Å². The van der Waals surface area contributed by atoms with Crippen LogP contribution in [0.25, 0.3) is 0 Å². The summed E-state index contributed by atoms with van der Waals surface area (Å²) in [5.41, 5.74) is 1.66. The number of amides is 1. The van der Waals surface area contributed by atoms with E-state index in [4.69, 9.17) is 4.74 Å². The molecule has 1 aromatic heterocycles. The number of carbonyl (C=O) groups excluding carboxylic acids is 1. The minimum absolute atomic E-state index is 0.000176.